The number of hydrogen-bond acceptors (Lipinski definition) is 0. The zero-order valence-corrected chi connectivity index (χ0v) is 15.8. The zero-order chi connectivity index (χ0) is 18.8. The third-order valence-electron chi connectivity index (χ3n) is 5.51. The van der Waals surface area contributed by atoms with E-state index in [9.17, 15) is 0 Å². The van der Waals surface area contributed by atoms with Gasteiger partial charge in [-0.25, -0.2) is 0 Å². The minimum atomic E-state index is 0.952. The van der Waals surface area contributed by atoms with Gasteiger partial charge in [0.15, 0.2) is 0 Å². The predicted octanol–water partition coefficient (Wildman–Crippen LogP) is 7.17. The Kier molecular flexibility index (Phi) is 4.39. The van der Waals surface area contributed by atoms with Crippen LogP contribution in [0.3, 0.4) is 0 Å². The molecular formula is C28H22. The van der Waals surface area contributed by atoms with Gasteiger partial charge in [0.05, 0.1) is 0 Å². The predicted molar refractivity (Wildman–Crippen MR) is 120 cm³/mol. The Morgan fingerprint density at radius 2 is 1.00 bits per heavy atom. The van der Waals surface area contributed by atoms with Crippen molar-refractivity contribution in [3.05, 3.63) is 131 Å². The third kappa shape index (κ3) is 3.30. The van der Waals surface area contributed by atoms with Crippen LogP contribution in [0.2, 0.25) is 0 Å². The Labute approximate surface area is 166 Å². The molecule has 134 valence electrons. The van der Waals surface area contributed by atoms with Crippen molar-refractivity contribution in [1.82, 2.24) is 0 Å². The molecule has 0 atom stereocenters. The molecule has 5 aromatic rings. The van der Waals surface area contributed by atoms with Gasteiger partial charge in [-0.05, 0) is 62.7 Å². The lowest BCUT2D eigenvalue weighted by Crippen LogP contribution is -1.94. The van der Waals surface area contributed by atoms with Gasteiger partial charge < -0.3 is 0 Å². The summed E-state index contributed by atoms with van der Waals surface area (Å²) in [5, 5.41) is 5.37. The van der Waals surface area contributed by atoms with Gasteiger partial charge >= 0.3 is 0 Å². The van der Waals surface area contributed by atoms with Crippen LogP contribution in [0.15, 0.2) is 109 Å². The van der Waals surface area contributed by atoms with E-state index >= 15 is 0 Å². The topological polar surface area (TPSA) is 0 Å². The summed E-state index contributed by atoms with van der Waals surface area (Å²) in [7, 11) is 0. The molecule has 0 saturated heterocycles. The van der Waals surface area contributed by atoms with Crippen LogP contribution < -0.4 is 0 Å². The fraction of sp³-hybridized carbons (Fsp3) is 0.0714. The van der Waals surface area contributed by atoms with Crippen molar-refractivity contribution in [1.29, 1.82) is 0 Å². The molecule has 0 N–H and O–H groups in total. The molecule has 0 fully saturated rings. The molecule has 0 saturated carbocycles. The summed E-state index contributed by atoms with van der Waals surface area (Å²) in [5.74, 6) is 0. The molecular weight excluding hydrogens is 336 g/mol. The summed E-state index contributed by atoms with van der Waals surface area (Å²) in [4.78, 5) is 0. The first-order chi connectivity index (χ1) is 13.9. The minimum Gasteiger partial charge on any atom is -0.0622 e. The molecule has 0 amide bonds. The van der Waals surface area contributed by atoms with Crippen molar-refractivity contribution in [3.8, 4) is 0 Å². The van der Waals surface area contributed by atoms with Gasteiger partial charge in [-0.3, -0.25) is 0 Å². The fourth-order valence-electron chi connectivity index (χ4n) is 4.13. The van der Waals surface area contributed by atoms with Crippen LogP contribution in [0.5, 0.6) is 0 Å². The van der Waals surface area contributed by atoms with E-state index in [-0.39, 0.29) is 0 Å². The summed E-state index contributed by atoms with van der Waals surface area (Å²) < 4.78 is 0. The van der Waals surface area contributed by atoms with Crippen LogP contribution in [-0.2, 0) is 12.8 Å². The molecule has 0 heterocycles. The Morgan fingerprint density at radius 3 is 1.75 bits per heavy atom. The molecule has 5 rings (SSSR count). The number of fused-ring (bicyclic) bond motifs is 2. The van der Waals surface area contributed by atoms with Crippen molar-refractivity contribution in [2.24, 2.45) is 0 Å². The van der Waals surface area contributed by atoms with Gasteiger partial charge in [0.25, 0.3) is 0 Å². The molecule has 0 spiro atoms. The largest absolute Gasteiger partial charge is 0.0622 e. The molecule has 28 heavy (non-hydrogen) atoms. The Morgan fingerprint density at radius 1 is 0.393 bits per heavy atom. The molecule has 0 heteroatoms. The highest BCUT2D eigenvalue weighted by Crippen LogP contribution is 2.31. The molecule has 0 aliphatic rings. The van der Waals surface area contributed by atoms with Gasteiger partial charge in [-0.1, -0.05) is 103 Å². The SMILES string of the molecule is c1ccc(Cc2ccc3cc4ccccc4c(Cc4ccccc4)c3c2)cc1. The second-order valence-electron chi connectivity index (χ2n) is 7.46. The van der Waals surface area contributed by atoms with Crippen molar-refractivity contribution < 1.29 is 0 Å². The maximum absolute atomic E-state index is 2.40. The van der Waals surface area contributed by atoms with Crippen LogP contribution in [-0.4, -0.2) is 0 Å². The van der Waals surface area contributed by atoms with E-state index in [1.54, 1.807) is 0 Å². The summed E-state index contributed by atoms with van der Waals surface area (Å²) in [6.07, 6.45) is 1.92. The Hall–Kier alpha value is -3.38. The van der Waals surface area contributed by atoms with Gasteiger partial charge in [0.1, 0.15) is 0 Å². The normalized spacial score (nSPS) is 11.1. The molecule has 0 radical (unpaired) electrons. The van der Waals surface area contributed by atoms with Crippen LogP contribution in [0.4, 0.5) is 0 Å². The Balaban J connectivity index is 1.68. The fourth-order valence-corrected chi connectivity index (χ4v) is 4.13. The molecule has 5 aromatic carbocycles. The number of rotatable bonds is 4. The quantitative estimate of drug-likeness (QED) is 0.299. The van der Waals surface area contributed by atoms with E-state index in [1.807, 2.05) is 0 Å². The minimum absolute atomic E-state index is 0.952. The van der Waals surface area contributed by atoms with Crippen LogP contribution >= 0.6 is 0 Å². The van der Waals surface area contributed by atoms with Crippen molar-refractivity contribution in [2.45, 2.75) is 12.8 Å². The van der Waals surface area contributed by atoms with Crippen LogP contribution in [0.25, 0.3) is 21.5 Å². The van der Waals surface area contributed by atoms with Gasteiger partial charge in [0, 0.05) is 0 Å². The highest BCUT2D eigenvalue weighted by Gasteiger charge is 2.09. The molecule has 0 aliphatic carbocycles. The highest BCUT2D eigenvalue weighted by atomic mass is 14.1. The van der Waals surface area contributed by atoms with Crippen LogP contribution in [0, 0.1) is 0 Å². The van der Waals surface area contributed by atoms with Crippen molar-refractivity contribution >= 4 is 21.5 Å². The smallest absolute Gasteiger partial charge is 0.00134 e. The average Bonchev–Trinajstić information content (AvgIpc) is 2.75. The van der Waals surface area contributed by atoms with Crippen molar-refractivity contribution in [3.63, 3.8) is 0 Å². The standard InChI is InChI=1S/C28H22/c1-3-9-21(10-4-1)17-23-15-16-25-20-24-13-7-8-14-26(24)28(27(25)19-23)18-22-11-5-2-6-12-22/h1-16,19-20H,17-18H2. The highest BCUT2D eigenvalue weighted by molar-refractivity contribution is 6.02. The molecule has 0 aromatic heterocycles. The second-order valence-corrected chi connectivity index (χ2v) is 7.46. The summed E-state index contributed by atoms with van der Waals surface area (Å²) in [6, 6.07) is 39.6. The first-order valence-electron chi connectivity index (χ1n) is 9.88. The maximum atomic E-state index is 2.40. The lowest BCUT2D eigenvalue weighted by Gasteiger charge is -2.13. The molecule has 0 bridgehead atoms. The van der Waals surface area contributed by atoms with Crippen molar-refractivity contribution in [2.75, 3.05) is 0 Å². The summed E-state index contributed by atoms with van der Waals surface area (Å²) in [6.45, 7) is 0. The lowest BCUT2D eigenvalue weighted by molar-refractivity contribution is 1.19. The number of benzene rings is 5. The van der Waals surface area contributed by atoms with Gasteiger partial charge in [-0.2, -0.15) is 0 Å². The van der Waals surface area contributed by atoms with E-state index in [0.29, 0.717) is 0 Å². The van der Waals surface area contributed by atoms with E-state index in [4.69, 9.17) is 0 Å². The average molecular weight is 358 g/mol. The van der Waals surface area contributed by atoms with Gasteiger partial charge in [-0.15, -0.1) is 0 Å². The van der Waals surface area contributed by atoms with E-state index in [0.717, 1.165) is 12.8 Å². The first-order valence-corrected chi connectivity index (χ1v) is 9.88. The lowest BCUT2D eigenvalue weighted by atomic mass is 9.91. The third-order valence-corrected chi connectivity index (χ3v) is 5.51. The van der Waals surface area contributed by atoms with Gasteiger partial charge in [0.2, 0.25) is 0 Å². The maximum Gasteiger partial charge on any atom is -0.00134 e. The molecule has 0 nitrogen and oxygen atoms in total. The molecule has 0 aliphatic heterocycles. The number of hydrogen-bond donors (Lipinski definition) is 0. The summed E-state index contributed by atoms with van der Waals surface area (Å²) >= 11 is 0. The van der Waals surface area contributed by atoms with E-state index < -0.39 is 0 Å². The monoisotopic (exact) mass is 358 g/mol. The van der Waals surface area contributed by atoms with E-state index in [2.05, 4.69) is 109 Å². The van der Waals surface area contributed by atoms with E-state index in [1.165, 1.54) is 43.8 Å². The zero-order valence-electron chi connectivity index (χ0n) is 15.8. The summed E-state index contributed by atoms with van der Waals surface area (Å²) in [5.41, 5.74) is 5.50. The molecule has 0 unspecified atom stereocenters. The Bertz CT molecular complexity index is 1230. The first kappa shape index (κ1) is 16.8. The second kappa shape index (κ2) is 7.32. The van der Waals surface area contributed by atoms with Crippen LogP contribution in [0.1, 0.15) is 22.3 Å².